The number of aromatic nitrogens is 1. The lowest BCUT2D eigenvalue weighted by atomic mass is 9.97. The van der Waals surface area contributed by atoms with Crippen molar-refractivity contribution in [3.8, 4) is 40.0 Å². The Balaban J connectivity index is 0.000000424. The minimum absolute atomic E-state index is 0.0690. The zero-order chi connectivity index (χ0) is 37.9. The van der Waals surface area contributed by atoms with Crippen LogP contribution in [0.4, 0.5) is 37.8 Å². The standard InChI is InChI=1S/C29H31N5O3.2C2HF3O2/c30-16-23-22(15-24(33-29(23)31)21-6-2-3-7-26(21)35)20-10-11-27(37-18-19-8-9-19)25(14-20)32-28(36)17-34-12-4-1-5-13-34;2*3-2(4,5)1(6)7/h2-3,6-7,10-11,14-15,19,35H,1,4-5,8-9,12-13,17-18H2,(H2,31,33)(H,32,36);2*(H,6,7). The minimum atomic E-state index is -5.08. The van der Waals surface area contributed by atoms with Crippen molar-refractivity contribution in [2.75, 3.05) is 37.3 Å². The van der Waals surface area contributed by atoms with E-state index in [1.807, 2.05) is 18.2 Å². The quantitative estimate of drug-likeness (QED) is 0.169. The molecular formula is C33H33F6N5O7. The van der Waals surface area contributed by atoms with Crippen molar-refractivity contribution in [1.82, 2.24) is 9.88 Å². The molecule has 1 aliphatic heterocycles. The first kappa shape index (κ1) is 39.9. The van der Waals surface area contributed by atoms with Gasteiger partial charge in [0.1, 0.15) is 28.9 Å². The average molecular weight is 726 g/mol. The average Bonchev–Trinajstić information content (AvgIpc) is 3.89. The Hall–Kier alpha value is -5.57. The van der Waals surface area contributed by atoms with Crippen molar-refractivity contribution in [1.29, 1.82) is 5.26 Å². The normalized spacial score (nSPS) is 14.5. The number of likely N-dealkylation sites (tertiary alicyclic amines) is 1. The predicted molar refractivity (Wildman–Crippen MR) is 170 cm³/mol. The number of nitriles is 1. The van der Waals surface area contributed by atoms with Crippen molar-refractivity contribution in [3.63, 3.8) is 0 Å². The Morgan fingerprint density at radius 2 is 1.53 bits per heavy atom. The number of nitrogens with zero attached hydrogens (tertiary/aromatic N) is 3. The number of aromatic hydroxyl groups is 1. The highest BCUT2D eigenvalue weighted by molar-refractivity contribution is 5.95. The first-order valence-corrected chi connectivity index (χ1v) is 15.3. The number of hydrogen-bond acceptors (Lipinski definition) is 9. The van der Waals surface area contributed by atoms with Crippen molar-refractivity contribution in [3.05, 3.63) is 54.1 Å². The molecule has 1 aromatic heterocycles. The fourth-order valence-electron chi connectivity index (χ4n) is 4.66. The number of alkyl halides is 6. The van der Waals surface area contributed by atoms with Gasteiger partial charge >= 0.3 is 24.3 Å². The summed E-state index contributed by atoms with van der Waals surface area (Å²) in [5, 5.41) is 37.5. The maximum absolute atomic E-state index is 13.0. The maximum atomic E-state index is 13.0. The van der Waals surface area contributed by atoms with Gasteiger partial charge in [-0.1, -0.05) is 24.6 Å². The number of pyridine rings is 1. The lowest BCUT2D eigenvalue weighted by molar-refractivity contribution is -0.193. The molecule has 3 aromatic rings. The fourth-order valence-corrected chi connectivity index (χ4v) is 4.66. The van der Waals surface area contributed by atoms with E-state index in [1.165, 1.54) is 6.42 Å². The molecule has 1 amide bonds. The number of nitrogens with one attached hydrogen (secondary N) is 1. The molecule has 1 saturated carbocycles. The molecule has 274 valence electrons. The van der Waals surface area contributed by atoms with Gasteiger partial charge in [-0.2, -0.15) is 31.6 Å². The van der Waals surface area contributed by atoms with Crippen LogP contribution in [0, 0.1) is 17.2 Å². The second-order valence-electron chi connectivity index (χ2n) is 11.4. The van der Waals surface area contributed by atoms with Gasteiger partial charge in [-0.15, -0.1) is 0 Å². The molecule has 51 heavy (non-hydrogen) atoms. The number of nitrogen functional groups attached to an aromatic ring is 1. The van der Waals surface area contributed by atoms with Gasteiger partial charge in [0.15, 0.2) is 0 Å². The van der Waals surface area contributed by atoms with Gasteiger partial charge in [0, 0.05) is 11.1 Å². The number of phenols is 1. The van der Waals surface area contributed by atoms with Crippen LogP contribution in [0.5, 0.6) is 11.5 Å². The smallest absolute Gasteiger partial charge is 0.490 e. The van der Waals surface area contributed by atoms with E-state index in [-0.39, 0.29) is 23.0 Å². The number of aliphatic carboxylic acids is 2. The summed E-state index contributed by atoms with van der Waals surface area (Å²) in [6, 6.07) is 16.2. The molecular weight excluding hydrogens is 692 g/mol. The largest absolute Gasteiger partial charge is 0.507 e. The first-order chi connectivity index (χ1) is 23.9. The predicted octanol–water partition coefficient (Wildman–Crippen LogP) is 6.05. The van der Waals surface area contributed by atoms with E-state index in [0.29, 0.717) is 52.9 Å². The number of amides is 1. The highest BCUT2D eigenvalue weighted by Crippen LogP contribution is 2.38. The molecule has 1 saturated heterocycles. The minimum Gasteiger partial charge on any atom is -0.507 e. The molecule has 2 aromatic carbocycles. The number of rotatable bonds is 8. The van der Waals surface area contributed by atoms with Crippen LogP contribution >= 0.6 is 0 Å². The highest BCUT2D eigenvalue weighted by atomic mass is 19.4. The number of hydrogen-bond donors (Lipinski definition) is 5. The number of anilines is 2. The number of nitrogens with two attached hydrogens (primary N) is 1. The molecule has 0 radical (unpaired) electrons. The second kappa shape index (κ2) is 17.4. The van der Waals surface area contributed by atoms with E-state index in [4.69, 9.17) is 30.3 Å². The molecule has 2 heterocycles. The van der Waals surface area contributed by atoms with Crippen LogP contribution in [0.2, 0.25) is 0 Å². The number of phenolic OH excluding ortho intramolecular Hbond substituents is 1. The van der Waals surface area contributed by atoms with Crippen LogP contribution in [0.25, 0.3) is 22.4 Å². The molecule has 12 nitrogen and oxygen atoms in total. The number of carboxylic acid groups (broad SMARTS) is 2. The van der Waals surface area contributed by atoms with E-state index >= 15 is 0 Å². The summed E-state index contributed by atoms with van der Waals surface area (Å²) < 4.78 is 69.5. The summed E-state index contributed by atoms with van der Waals surface area (Å²) in [6.07, 6.45) is -4.42. The fraction of sp³-hybridized carbons (Fsp3) is 0.364. The van der Waals surface area contributed by atoms with E-state index in [0.717, 1.165) is 38.8 Å². The number of benzene rings is 2. The zero-order valence-electron chi connectivity index (χ0n) is 26.7. The van der Waals surface area contributed by atoms with E-state index in [2.05, 4.69) is 21.3 Å². The Labute approximate surface area is 287 Å². The third-order valence-electron chi connectivity index (χ3n) is 7.38. The Morgan fingerprint density at radius 1 is 0.941 bits per heavy atom. The van der Waals surface area contributed by atoms with Crippen LogP contribution < -0.4 is 15.8 Å². The maximum Gasteiger partial charge on any atom is 0.490 e. The number of ether oxygens (including phenoxy) is 1. The van der Waals surface area contributed by atoms with Crippen molar-refractivity contribution in [2.24, 2.45) is 5.92 Å². The lowest BCUT2D eigenvalue weighted by Gasteiger charge is -2.25. The third-order valence-corrected chi connectivity index (χ3v) is 7.38. The molecule has 1 aliphatic carbocycles. The Bertz CT molecular complexity index is 1730. The summed E-state index contributed by atoms with van der Waals surface area (Å²) in [6.45, 7) is 2.79. The van der Waals surface area contributed by atoms with Gasteiger partial charge in [0.25, 0.3) is 0 Å². The van der Waals surface area contributed by atoms with Gasteiger partial charge in [-0.3, -0.25) is 9.69 Å². The number of carboxylic acids is 2. The van der Waals surface area contributed by atoms with Gasteiger partial charge in [0.05, 0.1) is 24.5 Å². The van der Waals surface area contributed by atoms with Crippen molar-refractivity contribution < 1.29 is 60.8 Å². The number of halogens is 6. The van der Waals surface area contributed by atoms with Crippen LogP contribution in [0.15, 0.2) is 48.5 Å². The summed E-state index contributed by atoms with van der Waals surface area (Å²) >= 11 is 0. The van der Waals surface area contributed by atoms with E-state index in [9.17, 15) is 41.5 Å². The monoisotopic (exact) mass is 725 g/mol. The molecule has 6 N–H and O–H groups in total. The van der Waals surface area contributed by atoms with Crippen molar-refractivity contribution >= 4 is 29.4 Å². The van der Waals surface area contributed by atoms with E-state index < -0.39 is 24.3 Å². The molecule has 0 spiro atoms. The molecule has 0 bridgehead atoms. The lowest BCUT2D eigenvalue weighted by Crippen LogP contribution is -2.36. The Morgan fingerprint density at radius 3 is 2.06 bits per heavy atom. The molecule has 0 atom stereocenters. The number of piperidine rings is 1. The SMILES string of the molecule is N#Cc1c(-c2ccc(OCC3CC3)c(NC(=O)CN3CCCCC3)c2)cc(-c2ccccc2O)nc1N.O=C(O)C(F)(F)F.O=C(O)C(F)(F)F. The van der Waals surface area contributed by atoms with E-state index in [1.54, 1.807) is 30.3 Å². The molecule has 0 unspecified atom stereocenters. The molecule has 18 heteroatoms. The van der Waals surface area contributed by atoms with Crippen molar-refractivity contribution in [2.45, 2.75) is 44.5 Å². The number of carbonyl (C=O) groups excluding carboxylic acids is 1. The molecule has 2 aliphatic rings. The van der Waals surface area contributed by atoms with Crippen LogP contribution in [0.3, 0.4) is 0 Å². The zero-order valence-corrected chi connectivity index (χ0v) is 26.7. The third kappa shape index (κ3) is 12.4. The Kier molecular flexibility index (Phi) is 13.6. The molecule has 5 rings (SSSR count). The number of carbonyl (C=O) groups is 3. The summed E-state index contributed by atoms with van der Waals surface area (Å²) in [4.78, 5) is 37.3. The van der Waals surface area contributed by atoms with Crippen LogP contribution in [0.1, 0.15) is 37.7 Å². The van der Waals surface area contributed by atoms with Gasteiger partial charge in [0.2, 0.25) is 5.91 Å². The van der Waals surface area contributed by atoms with Gasteiger partial charge in [-0.05, 0) is 80.6 Å². The topological polar surface area (TPSA) is 199 Å². The molecule has 2 fully saturated rings. The van der Waals surface area contributed by atoms with Gasteiger partial charge < -0.3 is 31.1 Å². The van der Waals surface area contributed by atoms with Gasteiger partial charge in [-0.25, -0.2) is 14.6 Å². The number of para-hydroxylation sites is 1. The first-order valence-electron chi connectivity index (χ1n) is 15.3. The summed E-state index contributed by atoms with van der Waals surface area (Å²) in [7, 11) is 0. The highest BCUT2D eigenvalue weighted by Gasteiger charge is 2.39. The summed E-state index contributed by atoms with van der Waals surface area (Å²) in [5.41, 5.74) is 9.19. The summed E-state index contributed by atoms with van der Waals surface area (Å²) in [5.74, 6) is -4.31. The second-order valence-corrected chi connectivity index (χ2v) is 11.4. The van der Waals surface area contributed by atoms with Crippen LogP contribution in [-0.4, -0.2) is 81.6 Å². The van der Waals surface area contributed by atoms with Crippen LogP contribution in [-0.2, 0) is 14.4 Å².